The Morgan fingerprint density at radius 2 is 2.13 bits per heavy atom. The molecule has 0 aliphatic carbocycles. The van der Waals surface area contributed by atoms with Crippen LogP contribution in [0.25, 0.3) is 6.08 Å². The summed E-state index contributed by atoms with van der Waals surface area (Å²) < 4.78 is 5.80. The highest BCUT2D eigenvalue weighted by molar-refractivity contribution is 5.58. The smallest absolute Gasteiger partial charge is 0.129 e. The van der Waals surface area contributed by atoms with Gasteiger partial charge < -0.3 is 4.74 Å². The molecule has 0 aliphatic heterocycles. The highest BCUT2D eigenvalue weighted by Crippen LogP contribution is 2.24. The van der Waals surface area contributed by atoms with Crippen molar-refractivity contribution in [1.82, 2.24) is 0 Å². The van der Waals surface area contributed by atoms with E-state index in [0.29, 0.717) is 5.92 Å². The fraction of sp³-hybridized carbons (Fsp3) is 0.429. The van der Waals surface area contributed by atoms with Gasteiger partial charge in [-0.05, 0) is 24.8 Å². The van der Waals surface area contributed by atoms with Crippen LogP contribution in [0.1, 0.15) is 31.4 Å². The zero-order valence-corrected chi connectivity index (χ0v) is 9.92. The van der Waals surface area contributed by atoms with E-state index in [1.54, 1.807) is 0 Å². The summed E-state index contributed by atoms with van der Waals surface area (Å²) in [6.45, 7) is 11.1. The summed E-state index contributed by atoms with van der Waals surface area (Å²) in [6, 6.07) is 6.13. The van der Waals surface area contributed by atoms with Crippen molar-refractivity contribution in [3.8, 4) is 5.75 Å². The van der Waals surface area contributed by atoms with Crippen molar-refractivity contribution in [1.29, 1.82) is 0 Å². The van der Waals surface area contributed by atoms with E-state index < -0.39 is 0 Å². The quantitative estimate of drug-likeness (QED) is 0.702. The monoisotopic (exact) mass is 204 g/mol. The van der Waals surface area contributed by atoms with Gasteiger partial charge in [-0.25, -0.2) is 0 Å². The molecule has 82 valence electrons. The molecule has 1 aromatic carbocycles. The van der Waals surface area contributed by atoms with Crippen molar-refractivity contribution in [2.75, 3.05) is 6.61 Å². The Balaban J connectivity index is 2.70. The molecule has 0 fully saturated rings. The number of rotatable bonds is 5. The third kappa shape index (κ3) is 3.43. The fourth-order valence-corrected chi connectivity index (χ4v) is 1.43. The highest BCUT2D eigenvalue weighted by atomic mass is 16.5. The van der Waals surface area contributed by atoms with Gasteiger partial charge in [0.05, 0.1) is 6.61 Å². The third-order valence-corrected chi connectivity index (χ3v) is 2.40. The Labute approximate surface area is 92.8 Å². The maximum absolute atomic E-state index is 5.80. The number of benzene rings is 1. The molecule has 0 atom stereocenters. The average Bonchev–Trinajstić information content (AvgIpc) is 2.20. The molecular weight excluding hydrogens is 184 g/mol. The van der Waals surface area contributed by atoms with E-state index in [9.17, 15) is 0 Å². The molecule has 0 bridgehead atoms. The maximum Gasteiger partial charge on any atom is 0.129 e. The summed E-state index contributed by atoms with van der Waals surface area (Å²) in [5.74, 6) is 1.66. The van der Waals surface area contributed by atoms with Crippen LogP contribution in [0.2, 0.25) is 0 Å². The Kier molecular flexibility index (Phi) is 4.41. The van der Waals surface area contributed by atoms with Gasteiger partial charge in [-0.1, -0.05) is 44.7 Å². The van der Waals surface area contributed by atoms with E-state index in [0.717, 1.165) is 24.3 Å². The molecule has 1 rings (SSSR count). The Bertz CT molecular complexity index is 326. The molecule has 0 aromatic heterocycles. The SMILES string of the molecule is C=Cc1cccc(C)c1OCCC(C)C. The highest BCUT2D eigenvalue weighted by Gasteiger charge is 2.04. The molecule has 0 spiro atoms. The molecule has 0 aliphatic rings. The lowest BCUT2D eigenvalue weighted by Gasteiger charge is -2.12. The van der Waals surface area contributed by atoms with Crippen LogP contribution in [0.15, 0.2) is 24.8 Å². The fourth-order valence-electron chi connectivity index (χ4n) is 1.43. The predicted molar refractivity (Wildman–Crippen MR) is 66.2 cm³/mol. The van der Waals surface area contributed by atoms with Crippen LogP contribution in [-0.4, -0.2) is 6.61 Å². The van der Waals surface area contributed by atoms with Crippen LogP contribution in [0.4, 0.5) is 0 Å². The van der Waals surface area contributed by atoms with Crippen LogP contribution in [0.3, 0.4) is 0 Å². The van der Waals surface area contributed by atoms with Crippen molar-refractivity contribution in [2.24, 2.45) is 5.92 Å². The number of aryl methyl sites for hydroxylation is 1. The largest absolute Gasteiger partial charge is 0.493 e. The average molecular weight is 204 g/mol. The van der Waals surface area contributed by atoms with Crippen LogP contribution < -0.4 is 4.74 Å². The predicted octanol–water partition coefficient (Wildman–Crippen LogP) is 4.06. The molecule has 0 amide bonds. The Morgan fingerprint density at radius 3 is 2.73 bits per heavy atom. The summed E-state index contributed by atoms with van der Waals surface area (Å²) in [5.41, 5.74) is 2.26. The van der Waals surface area contributed by atoms with E-state index in [-0.39, 0.29) is 0 Å². The van der Waals surface area contributed by atoms with E-state index in [4.69, 9.17) is 4.74 Å². The van der Waals surface area contributed by atoms with Gasteiger partial charge in [-0.3, -0.25) is 0 Å². The number of ether oxygens (including phenoxy) is 1. The summed E-state index contributed by atoms with van der Waals surface area (Å²) in [7, 11) is 0. The van der Waals surface area contributed by atoms with Crippen LogP contribution in [0, 0.1) is 12.8 Å². The molecule has 0 saturated heterocycles. The van der Waals surface area contributed by atoms with E-state index >= 15 is 0 Å². The third-order valence-electron chi connectivity index (χ3n) is 2.40. The number of para-hydroxylation sites is 1. The summed E-state index contributed by atoms with van der Waals surface area (Å²) in [4.78, 5) is 0. The lowest BCUT2D eigenvalue weighted by atomic mass is 10.1. The van der Waals surface area contributed by atoms with Gasteiger partial charge in [-0.15, -0.1) is 0 Å². The molecular formula is C14H20O. The minimum Gasteiger partial charge on any atom is -0.493 e. The summed E-state index contributed by atoms with van der Waals surface area (Å²) >= 11 is 0. The summed E-state index contributed by atoms with van der Waals surface area (Å²) in [5, 5.41) is 0. The molecule has 0 saturated carbocycles. The number of hydrogen-bond donors (Lipinski definition) is 0. The lowest BCUT2D eigenvalue weighted by Crippen LogP contribution is -2.03. The second kappa shape index (κ2) is 5.59. The molecule has 1 nitrogen and oxygen atoms in total. The van der Waals surface area contributed by atoms with Gasteiger partial charge in [0.25, 0.3) is 0 Å². The zero-order chi connectivity index (χ0) is 11.3. The van der Waals surface area contributed by atoms with E-state index in [1.165, 1.54) is 5.56 Å². The lowest BCUT2D eigenvalue weighted by molar-refractivity contribution is 0.287. The normalized spacial score (nSPS) is 10.4. The van der Waals surface area contributed by atoms with Crippen molar-refractivity contribution < 1.29 is 4.74 Å². The van der Waals surface area contributed by atoms with Crippen LogP contribution in [0.5, 0.6) is 5.75 Å². The van der Waals surface area contributed by atoms with Crippen LogP contribution >= 0.6 is 0 Å². The van der Waals surface area contributed by atoms with E-state index in [2.05, 4.69) is 33.4 Å². The van der Waals surface area contributed by atoms with Gasteiger partial charge in [0.15, 0.2) is 0 Å². The first-order valence-electron chi connectivity index (χ1n) is 5.50. The first-order chi connectivity index (χ1) is 7.15. The summed E-state index contributed by atoms with van der Waals surface area (Å²) in [6.07, 6.45) is 2.93. The molecule has 15 heavy (non-hydrogen) atoms. The topological polar surface area (TPSA) is 9.23 Å². The first-order valence-corrected chi connectivity index (χ1v) is 5.50. The van der Waals surface area contributed by atoms with Crippen LogP contribution in [-0.2, 0) is 0 Å². The Hall–Kier alpha value is -1.24. The number of hydrogen-bond acceptors (Lipinski definition) is 1. The van der Waals surface area contributed by atoms with Crippen molar-refractivity contribution in [3.05, 3.63) is 35.9 Å². The van der Waals surface area contributed by atoms with Gasteiger partial charge in [-0.2, -0.15) is 0 Å². The van der Waals surface area contributed by atoms with Gasteiger partial charge in [0.1, 0.15) is 5.75 Å². The second-order valence-electron chi connectivity index (χ2n) is 4.23. The molecule has 0 N–H and O–H groups in total. The van der Waals surface area contributed by atoms with Crippen molar-refractivity contribution >= 4 is 6.08 Å². The zero-order valence-electron chi connectivity index (χ0n) is 9.92. The first kappa shape index (κ1) is 11.8. The molecule has 0 radical (unpaired) electrons. The van der Waals surface area contributed by atoms with E-state index in [1.807, 2.05) is 18.2 Å². The minimum absolute atomic E-state index is 0.682. The molecule has 1 aromatic rings. The Morgan fingerprint density at radius 1 is 1.40 bits per heavy atom. The molecule has 1 heteroatoms. The maximum atomic E-state index is 5.80. The molecule has 0 unspecified atom stereocenters. The second-order valence-corrected chi connectivity index (χ2v) is 4.23. The van der Waals surface area contributed by atoms with Crippen molar-refractivity contribution in [3.63, 3.8) is 0 Å². The molecule has 0 heterocycles. The van der Waals surface area contributed by atoms with Gasteiger partial charge in [0.2, 0.25) is 0 Å². The van der Waals surface area contributed by atoms with Crippen molar-refractivity contribution in [2.45, 2.75) is 27.2 Å². The standard InChI is InChI=1S/C14H20O/c1-5-13-8-6-7-12(4)14(13)15-10-9-11(2)3/h5-8,11H,1,9-10H2,2-4H3. The minimum atomic E-state index is 0.682. The van der Waals surface area contributed by atoms with Gasteiger partial charge in [0, 0.05) is 5.56 Å². The van der Waals surface area contributed by atoms with Gasteiger partial charge >= 0.3 is 0 Å².